The van der Waals surface area contributed by atoms with Crippen LogP contribution in [0.15, 0.2) is 26.3 Å². The van der Waals surface area contributed by atoms with Gasteiger partial charge in [-0.1, -0.05) is 5.16 Å². The van der Waals surface area contributed by atoms with Crippen LogP contribution in [0.4, 0.5) is 0 Å². The smallest absolute Gasteiger partial charge is 0.228 e. The summed E-state index contributed by atoms with van der Waals surface area (Å²) in [5, 5.41) is 14.4. The molecule has 0 amide bonds. The van der Waals surface area contributed by atoms with E-state index in [0.717, 1.165) is 12.5 Å². The molecule has 0 aliphatic heterocycles. The summed E-state index contributed by atoms with van der Waals surface area (Å²) >= 11 is 1.68. The van der Waals surface area contributed by atoms with Crippen molar-refractivity contribution < 1.29 is 4.52 Å². The highest BCUT2D eigenvalue weighted by atomic mass is 127. The maximum Gasteiger partial charge on any atom is 0.228 e. The topological polar surface area (TPSA) is 75.3 Å². The summed E-state index contributed by atoms with van der Waals surface area (Å²) in [4.78, 5) is 8.69. The van der Waals surface area contributed by atoms with Crippen LogP contribution in [0, 0.1) is 6.92 Å². The van der Waals surface area contributed by atoms with Gasteiger partial charge in [0.15, 0.2) is 11.8 Å². The van der Waals surface area contributed by atoms with Gasteiger partial charge in [-0.25, -0.2) is 4.99 Å². The molecule has 0 spiro atoms. The maximum atomic E-state index is 5.06. The van der Waals surface area contributed by atoms with Gasteiger partial charge in [-0.3, -0.25) is 0 Å². The molecule has 0 aliphatic rings. The van der Waals surface area contributed by atoms with E-state index in [1.54, 1.807) is 11.3 Å². The Morgan fingerprint density at radius 1 is 1.43 bits per heavy atom. The Morgan fingerprint density at radius 2 is 2.29 bits per heavy atom. The summed E-state index contributed by atoms with van der Waals surface area (Å²) in [5.41, 5.74) is 1.22. The molecule has 0 aliphatic carbocycles. The molecule has 0 aromatic carbocycles. The zero-order valence-electron chi connectivity index (χ0n) is 12.1. The molecule has 2 heterocycles. The normalized spacial score (nSPS) is 11.0. The van der Waals surface area contributed by atoms with Crippen LogP contribution in [-0.4, -0.2) is 29.2 Å². The Morgan fingerprint density at radius 3 is 2.90 bits per heavy atom. The number of rotatable bonds is 6. The number of hydrogen-bond donors (Lipinski definition) is 2. The van der Waals surface area contributed by atoms with Gasteiger partial charge in [0.25, 0.3) is 0 Å². The molecule has 2 aromatic heterocycles. The molecular weight excluding hydrogens is 401 g/mol. The molecule has 0 saturated heterocycles. The minimum atomic E-state index is 0. The van der Waals surface area contributed by atoms with E-state index < -0.39 is 0 Å². The molecular formula is C13H20IN5OS. The number of halogens is 1. The highest BCUT2D eigenvalue weighted by Crippen LogP contribution is 2.06. The average molecular weight is 421 g/mol. The predicted octanol–water partition coefficient (Wildman–Crippen LogP) is 2.36. The lowest BCUT2D eigenvalue weighted by Gasteiger charge is -2.09. The van der Waals surface area contributed by atoms with Crippen LogP contribution in [0.25, 0.3) is 0 Å². The zero-order valence-corrected chi connectivity index (χ0v) is 15.3. The van der Waals surface area contributed by atoms with Gasteiger partial charge in [0, 0.05) is 19.5 Å². The monoisotopic (exact) mass is 421 g/mol. The van der Waals surface area contributed by atoms with Crippen molar-refractivity contribution in [3.05, 3.63) is 34.1 Å². The van der Waals surface area contributed by atoms with Gasteiger partial charge in [-0.2, -0.15) is 16.3 Å². The highest BCUT2D eigenvalue weighted by Gasteiger charge is 2.03. The number of thiophene rings is 1. The minimum Gasteiger partial charge on any atom is -0.357 e. The summed E-state index contributed by atoms with van der Waals surface area (Å²) in [6.07, 6.45) is 0.684. The van der Waals surface area contributed by atoms with Gasteiger partial charge in [-0.15, -0.1) is 24.0 Å². The molecule has 0 saturated carbocycles. The van der Waals surface area contributed by atoms with E-state index >= 15 is 0 Å². The first-order chi connectivity index (χ1) is 9.78. The fourth-order valence-electron chi connectivity index (χ4n) is 1.62. The Kier molecular flexibility index (Phi) is 8.28. The SMILES string of the molecule is CCNC(=NCc1ccsc1)NCCc1nc(C)no1.I. The number of nitrogens with one attached hydrogen (secondary N) is 2. The summed E-state index contributed by atoms with van der Waals surface area (Å²) in [6.45, 7) is 6.07. The lowest BCUT2D eigenvalue weighted by atomic mass is 10.3. The second-order valence-corrected chi connectivity index (χ2v) is 5.02. The number of aryl methyl sites for hydroxylation is 1. The number of nitrogens with zero attached hydrogens (tertiary/aromatic N) is 3. The molecule has 116 valence electrons. The van der Waals surface area contributed by atoms with E-state index in [0.29, 0.717) is 31.2 Å². The van der Waals surface area contributed by atoms with E-state index in [2.05, 4.69) is 42.6 Å². The number of aliphatic imine (C=N–C) groups is 1. The first kappa shape index (κ1) is 17.9. The first-order valence-electron chi connectivity index (χ1n) is 6.60. The minimum absolute atomic E-state index is 0. The van der Waals surface area contributed by atoms with Gasteiger partial charge in [0.2, 0.25) is 5.89 Å². The lowest BCUT2D eigenvalue weighted by Crippen LogP contribution is -2.38. The summed E-state index contributed by atoms with van der Waals surface area (Å²) in [6, 6.07) is 2.08. The molecule has 2 aromatic rings. The van der Waals surface area contributed by atoms with E-state index in [4.69, 9.17) is 4.52 Å². The average Bonchev–Trinajstić information content (AvgIpc) is 3.08. The summed E-state index contributed by atoms with van der Waals surface area (Å²) < 4.78 is 5.06. The van der Waals surface area contributed by atoms with E-state index in [1.165, 1.54) is 5.56 Å². The Labute approximate surface area is 145 Å². The molecule has 0 bridgehead atoms. The fraction of sp³-hybridized carbons (Fsp3) is 0.462. The molecule has 0 atom stereocenters. The Bertz CT molecular complexity index is 541. The van der Waals surface area contributed by atoms with Crippen LogP contribution in [0.5, 0.6) is 0 Å². The molecule has 0 unspecified atom stereocenters. The molecule has 2 N–H and O–H groups in total. The molecule has 2 rings (SSSR count). The van der Waals surface area contributed by atoms with Crippen molar-refractivity contribution in [2.75, 3.05) is 13.1 Å². The summed E-state index contributed by atoms with van der Waals surface area (Å²) in [5.74, 6) is 2.11. The van der Waals surface area contributed by atoms with Crippen molar-refractivity contribution >= 4 is 41.3 Å². The first-order valence-corrected chi connectivity index (χ1v) is 7.54. The zero-order chi connectivity index (χ0) is 14.2. The summed E-state index contributed by atoms with van der Waals surface area (Å²) in [7, 11) is 0. The quantitative estimate of drug-likeness (QED) is 0.426. The van der Waals surface area contributed by atoms with Crippen molar-refractivity contribution in [3.63, 3.8) is 0 Å². The second kappa shape index (κ2) is 9.72. The van der Waals surface area contributed by atoms with Crippen LogP contribution < -0.4 is 10.6 Å². The van der Waals surface area contributed by atoms with E-state index in [-0.39, 0.29) is 24.0 Å². The molecule has 21 heavy (non-hydrogen) atoms. The van der Waals surface area contributed by atoms with Crippen LogP contribution in [-0.2, 0) is 13.0 Å². The second-order valence-electron chi connectivity index (χ2n) is 4.24. The van der Waals surface area contributed by atoms with Crippen molar-refractivity contribution in [1.82, 2.24) is 20.8 Å². The third-order valence-electron chi connectivity index (χ3n) is 2.55. The van der Waals surface area contributed by atoms with E-state index in [9.17, 15) is 0 Å². The Hall–Kier alpha value is -1.16. The predicted molar refractivity (Wildman–Crippen MR) is 95.3 cm³/mol. The molecule has 6 nitrogen and oxygen atoms in total. The largest absolute Gasteiger partial charge is 0.357 e. The standard InChI is InChI=1S/C13H19N5OS.HI/c1-3-14-13(16-8-11-5-7-20-9-11)15-6-4-12-17-10(2)18-19-12;/h5,7,9H,3-4,6,8H2,1-2H3,(H2,14,15,16);1H. The fourth-order valence-corrected chi connectivity index (χ4v) is 2.28. The van der Waals surface area contributed by atoms with Crippen molar-refractivity contribution in [2.45, 2.75) is 26.8 Å². The third kappa shape index (κ3) is 6.42. The van der Waals surface area contributed by atoms with Gasteiger partial charge in [0.05, 0.1) is 6.54 Å². The van der Waals surface area contributed by atoms with Crippen molar-refractivity contribution in [1.29, 1.82) is 0 Å². The van der Waals surface area contributed by atoms with Crippen LogP contribution in [0.1, 0.15) is 24.2 Å². The highest BCUT2D eigenvalue weighted by molar-refractivity contribution is 14.0. The molecule has 0 fully saturated rings. The van der Waals surface area contributed by atoms with Crippen molar-refractivity contribution in [2.24, 2.45) is 4.99 Å². The number of guanidine groups is 1. The lowest BCUT2D eigenvalue weighted by molar-refractivity contribution is 0.374. The van der Waals surface area contributed by atoms with Gasteiger partial charge >= 0.3 is 0 Å². The van der Waals surface area contributed by atoms with E-state index in [1.807, 2.05) is 13.8 Å². The number of aromatic nitrogens is 2. The third-order valence-corrected chi connectivity index (χ3v) is 3.28. The van der Waals surface area contributed by atoms with Crippen LogP contribution in [0.2, 0.25) is 0 Å². The molecule has 8 heteroatoms. The Balaban J connectivity index is 0.00000220. The van der Waals surface area contributed by atoms with Gasteiger partial charge in [-0.05, 0) is 36.2 Å². The van der Waals surface area contributed by atoms with Crippen LogP contribution in [0.3, 0.4) is 0 Å². The van der Waals surface area contributed by atoms with Gasteiger partial charge in [0.1, 0.15) is 0 Å². The van der Waals surface area contributed by atoms with Gasteiger partial charge < -0.3 is 15.2 Å². The number of hydrogen-bond acceptors (Lipinski definition) is 5. The van der Waals surface area contributed by atoms with Crippen molar-refractivity contribution in [3.8, 4) is 0 Å². The van der Waals surface area contributed by atoms with Crippen LogP contribution >= 0.6 is 35.3 Å². The maximum absolute atomic E-state index is 5.06. The molecule has 0 radical (unpaired) electrons.